The first-order valence-electron chi connectivity index (χ1n) is 8.01. The number of nitrogens with zero attached hydrogens (tertiary/aromatic N) is 3. The summed E-state index contributed by atoms with van der Waals surface area (Å²) in [5.41, 5.74) is 0. The van der Waals surface area contributed by atoms with Crippen molar-refractivity contribution < 1.29 is 4.79 Å². The average Bonchev–Trinajstić information content (AvgIpc) is 3.06. The monoisotopic (exact) mass is 288 g/mol. The number of nitrogens with one attached hydrogen (secondary N) is 1. The number of aromatic nitrogens is 3. The predicted octanol–water partition coefficient (Wildman–Crippen LogP) is 2.19. The summed E-state index contributed by atoms with van der Waals surface area (Å²) in [5, 5.41) is 11.7. The number of fused-ring (bicyclic) bond motifs is 1. The molecule has 1 aliphatic heterocycles. The summed E-state index contributed by atoms with van der Waals surface area (Å²) in [5.74, 6) is 3.07. The van der Waals surface area contributed by atoms with E-state index in [-0.39, 0.29) is 11.9 Å². The molecule has 0 bridgehead atoms. The summed E-state index contributed by atoms with van der Waals surface area (Å²) >= 11 is 0. The van der Waals surface area contributed by atoms with Crippen LogP contribution in [0.5, 0.6) is 0 Å². The Balaban J connectivity index is 1.59. The minimum atomic E-state index is 0.180. The number of amides is 1. The summed E-state index contributed by atoms with van der Waals surface area (Å²) in [7, 11) is 0. The smallest absolute Gasteiger partial charge is 0.220 e. The second-order valence-corrected chi connectivity index (χ2v) is 6.51. The van der Waals surface area contributed by atoms with Crippen molar-refractivity contribution in [2.45, 2.75) is 64.5 Å². The van der Waals surface area contributed by atoms with E-state index >= 15 is 0 Å². The molecule has 2 aliphatic rings. The van der Waals surface area contributed by atoms with Crippen molar-refractivity contribution in [1.82, 2.24) is 20.1 Å². The largest absolute Gasteiger partial charge is 0.352 e. The topological polar surface area (TPSA) is 59.8 Å². The van der Waals surface area contributed by atoms with Crippen LogP contribution in [0, 0.1) is 5.92 Å². The van der Waals surface area contributed by atoms with Gasteiger partial charge in [0, 0.05) is 31.3 Å². The van der Waals surface area contributed by atoms with Gasteiger partial charge in [-0.3, -0.25) is 4.79 Å². The Morgan fingerprint density at radius 3 is 3.00 bits per heavy atom. The number of hydrogen-bond acceptors (Lipinski definition) is 3. The molecule has 21 heavy (non-hydrogen) atoms. The molecule has 0 saturated carbocycles. The molecule has 1 aromatic heterocycles. The summed E-state index contributed by atoms with van der Waals surface area (Å²) in [6, 6.07) is 0.212. The molecule has 5 heteroatoms. The fourth-order valence-electron chi connectivity index (χ4n) is 3.28. The highest BCUT2D eigenvalue weighted by atomic mass is 16.1. The zero-order chi connectivity index (χ0) is 14.8. The first kappa shape index (κ1) is 14.3. The molecule has 0 spiro atoms. The molecule has 2 heterocycles. The maximum atomic E-state index is 12.2. The fourth-order valence-corrected chi connectivity index (χ4v) is 3.28. The number of rotatable bonds is 4. The van der Waals surface area contributed by atoms with Crippen LogP contribution in [0.1, 0.15) is 57.1 Å². The van der Waals surface area contributed by atoms with Gasteiger partial charge in [-0.1, -0.05) is 26.0 Å². The van der Waals surface area contributed by atoms with Gasteiger partial charge in [0.1, 0.15) is 11.6 Å². The van der Waals surface area contributed by atoms with Crippen molar-refractivity contribution >= 4 is 5.91 Å². The average molecular weight is 288 g/mol. The van der Waals surface area contributed by atoms with E-state index in [4.69, 9.17) is 0 Å². The predicted molar refractivity (Wildman–Crippen MR) is 80.8 cm³/mol. The lowest BCUT2D eigenvalue weighted by molar-refractivity contribution is -0.122. The lowest BCUT2D eigenvalue weighted by Crippen LogP contribution is -2.41. The Labute approximate surface area is 125 Å². The third-order valence-corrected chi connectivity index (χ3v) is 4.42. The molecule has 1 N–H and O–H groups in total. The van der Waals surface area contributed by atoms with Crippen LogP contribution in [-0.4, -0.2) is 26.7 Å². The standard InChI is InChI=1S/C16H24N4O/c1-11(2)16-19-18-14-8-7-13(10-20(14)16)17-15(21)9-12-5-3-4-6-12/h3,5,11-13H,4,6-10H2,1-2H3,(H,17,21)/t12-,13-/m0/s1. The SMILES string of the molecule is CC(C)c1nnc2n1C[C@@H](NC(=O)C[C@H]1C=CCC1)CC2. The second-order valence-electron chi connectivity index (χ2n) is 6.51. The van der Waals surface area contributed by atoms with E-state index in [1.165, 1.54) is 0 Å². The Morgan fingerprint density at radius 2 is 2.29 bits per heavy atom. The summed E-state index contributed by atoms with van der Waals surface area (Å²) in [6.45, 7) is 5.07. The molecular formula is C16H24N4O. The molecule has 0 radical (unpaired) electrons. The molecule has 0 saturated heterocycles. The molecule has 0 aromatic carbocycles. The third kappa shape index (κ3) is 3.17. The van der Waals surface area contributed by atoms with Crippen LogP contribution in [-0.2, 0) is 17.8 Å². The summed E-state index contributed by atoms with van der Waals surface area (Å²) in [6.07, 6.45) is 9.07. The molecule has 0 unspecified atom stereocenters. The van der Waals surface area contributed by atoms with Crippen molar-refractivity contribution in [3.8, 4) is 0 Å². The van der Waals surface area contributed by atoms with Crippen LogP contribution in [0.25, 0.3) is 0 Å². The van der Waals surface area contributed by atoms with Gasteiger partial charge in [-0.2, -0.15) is 0 Å². The van der Waals surface area contributed by atoms with Crippen LogP contribution in [0.3, 0.4) is 0 Å². The zero-order valence-electron chi connectivity index (χ0n) is 12.9. The van der Waals surface area contributed by atoms with Gasteiger partial charge >= 0.3 is 0 Å². The first-order valence-corrected chi connectivity index (χ1v) is 8.01. The number of allylic oxidation sites excluding steroid dienone is 2. The summed E-state index contributed by atoms with van der Waals surface area (Å²) < 4.78 is 2.19. The normalized spacial score (nSPS) is 24.3. The summed E-state index contributed by atoms with van der Waals surface area (Å²) in [4.78, 5) is 12.2. The van der Waals surface area contributed by atoms with Gasteiger partial charge in [-0.05, 0) is 25.2 Å². The highest BCUT2D eigenvalue weighted by Gasteiger charge is 2.25. The minimum Gasteiger partial charge on any atom is -0.352 e. The molecule has 0 fully saturated rings. The van der Waals surface area contributed by atoms with Crippen molar-refractivity contribution in [2.75, 3.05) is 0 Å². The molecule has 1 amide bonds. The van der Waals surface area contributed by atoms with E-state index in [0.29, 0.717) is 18.3 Å². The van der Waals surface area contributed by atoms with Crippen LogP contribution in [0.4, 0.5) is 0 Å². The van der Waals surface area contributed by atoms with E-state index in [9.17, 15) is 4.79 Å². The van der Waals surface area contributed by atoms with E-state index in [2.05, 4.69) is 46.1 Å². The lowest BCUT2D eigenvalue weighted by Gasteiger charge is -2.26. The van der Waals surface area contributed by atoms with Crippen molar-refractivity contribution in [1.29, 1.82) is 0 Å². The Kier molecular flexibility index (Phi) is 4.08. The number of hydrogen-bond donors (Lipinski definition) is 1. The van der Waals surface area contributed by atoms with E-state index in [0.717, 1.165) is 43.9 Å². The number of carbonyl (C=O) groups excluding carboxylic acids is 1. The molecule has 1 aromatic rings. The van der Waals surface area contributed by atoms with E-state index < -0.39 is 0 Å². The van der Waals surface area contributed by atoms with Gasteiger partial charge in [0.15, 0.2) is 0 Å². The van der Waals surface area contributed by atoms with Crippen molar-refractivity contribution in [3.05, 3.63) is 23.8 Å². The van der Waals surface area contributed by atoms with E-state index in [1.807, 2.05) is 0 Å². The molecule has 1 aliphatic carbocycles. The first-order chi connectivity index (χ1) is 10.1. The van der Waals surface area contributed by atoms with Crippen LogP contribution >= 0.6 is 0 Å². The molecule has 2 atom stereocenters. The lowest BCUT2D eigenvalue weighted by atomic mass is 10.0. The quantitative estimate of drug-likeness (QED) is 0.864. The maximum Gasteiger partial charge on any atom is 0.220 e. The van der Waals surface area contributed by atoms with Gasteiger partial charge < -0.3 is 9.88 Å². The third-order valence-electron chi connectivity index (χ3n) is 4.42. The molecule has 5 nitrogen and oxygen atoms in total. The van der Waals surface area contributed by atoms with E-state index in [1.54, 1.807) is 0 Å². The molecular weight excluding hydrogens is 264 g/mol. The van der Waals surface area contributed by atoms with Crippen LogP contribution in [0.2, 0.25) is 0 Å². The zero-order valence-corrected chi connectivity index (χ0v) is 12.9. The number of aryl methyl sites for hydroxylation is 1. The number of carbonyl (C=O) groups is 1. The van der Waals surface area contributed by atoms with Gasteiger partial charge in [-0.25, -0.2) is 0 Å². The Hall–Kier alpha value is -1.65. The molecule has 3 rings (SSSR count). The maximum absolute atomic E-state index is 12.2. The minimum absolute atomic E-state index is 0.180. The van der Waals surface area contributed by atoms with Gasteiger partial charge in [0.25, 0.3) is 0 Å². The fraction of sp³-hybridized carbons (Fsp3) is 0.688. The van der Waals surface area contributed by atoms with Crippen LogP contribution in [0.15, 0.2) is 12.2 Å². The Bertz CT molecular complexity index is 546. The van der Waals surface area contributed by atoms with Gasteiger partial charge in [-0.15, -0.1) is 10.2 Å². The molecule has 114 valence electrons. The Morgan fingerprint density at radius 1 is 1.43 bits per heavy atom. The second kappa shape index (κ2) is 6.00. The highest BCUT2D eigenvalue weighted by Crippen LogP contribution is 2.22. The van der Waals surface area contributed by atoms with Gasteiger partial charge in [0.2, 0.25) is 5.91 Å². The highest BCUT2D eigenvalue weighted by molar-refractivity contribution is 5.76. The van der Waals surface area contributed by atoms with Crippen LogP contribution < -0.4 is 5.32 Å². The van der Waals surface area contributed by atoms with Crippen molar-refractivity contribution in [2.24, 2.45) is 5.92 Å². The van der Waals surface area contributed by atoms with Gasteiger partial charge in [0.05, 0.1) is 0 Å². The van der Waals surface area contributed by atoms with Crippen molar-refractivity contribution in [3.63, 3.8) is 0 Å².